The van der Waals surface area contributed by atoms with E-state index in [9.17, 15) is 9.59 Å². The first-order chi connectivity index (χ1) is 11.5. The molecule has 0 aromatic heterocycles. The minimum absolute atomic E-state index is 0.137. The standard InChI is InChI=1S/C18H15ClO5/c1-8-7-11(24-4)14-15(16(8)19)18(21)13-10(23-3)6-5-9(22-2)12(13)17(14)20/h5-7H,1-4H3. The quantitative estimate of drug-likeness (QED) is 0.727. The summed E-state index contributed by atoms with van der Waals surface area (Å²) in [6, 6.07) is 4.83. The SMILES string of the molecule is COc1ccc(OC)c2c1C(=O)c1c(OC)cc(C)c(Cl)c1C2=O. The van der Waals surface area contributed by atoms with Gasteiger partial charge in [0.05, 0.1) is 48.6 Å². The highest BCUT2D eigenvalue weighted by Gasteiger charge is 2.39. The van der Waals surface area contributed by atoms with E-state index in [-0.39, 0.29) is 38.8 Å². The van der Waals surface area contributed by atoms with Crippen molar-refractivity contribution in [2.24, 2.45) is 0 Å². The van der Waals surface area contributed by atoms with Gasteiger partial charge in [-0.1, -0.05) is 11.6 Å². The van der Waals surface area contributed by atoms with E-state index in [4.69, 9.17) is 25.8 Å². The molecular weight excluding hydrogens is 332 g/mol. The molecule has 0 heterocycles. The Labute approximate surface area is 144 Å². The van der Waals surface area contributed by atoms with E-state index in [1.165, 1.54) is 21.3 Å². The fourth-order valence-corrected chi connectivity index (χ4v) is 3.20. The van der Waals surface area contributed by atoms with E-state index in [1.807, 2.05) is 0 Å². The van der Waals surface area contributed by atoms with Crippen LogP contribution in [0.25, 0.3) is 0 Å². The Balaban J connectivity index is 2.45. The molecule has 3 rings (SSSR count). The lowest BCUT2D eigenvalue weighted by Gasteiger charge is -2.24. The fourth-order valence-electron chi connectivity index (χ4n) is 2.97. The summed E-state index contributed by atoms with van der Waals surface area (Å²) in [5, 5.41) is 0.236. The van der Waals surface area contributed by atoms with E-state index in [2.05, 4.69) is 0 Å². The molecule has 2 aromatic carbocycles. The zero-order valence-corrected chi connectivity index (χ0v) is 14.4. The van der Waals surface area contributed by atoms with E-state index in [0.29, 0.717) is 22.8 Å². The third kappa shape index (κ3) is 2.08. The molecule has 1 aliphatic rings. The molecule has 0 N–H and O–H groups in total. The Morgan fingerprint density at radius 1 is 0.750 bits per heavy atom. The number of hydrogen-bond donors (Lipinski definition) is 0. The lowest BCUT2D eigenvalue weighted by atomic mass is 9.81. The predicted octanol–water partition coefficient (Wildman–Crippen LogP) is 3.45. The van der Waals surface area contributed by atoms with Gasteiger partial charge in [0.1, 0.15) is 17.2 Å². The summed E-state index contributed by atoms with van der Waals surface area (Å²) in [6.07, 6.45) is 0. The van der Waals surface area contributed by atoms with Crippen LogP contribution in [0.5, 0.6) is 17.2 Å². The van der Waals surface area contributed by atoms with Crippen molar-refractivity contribution in [1.82, 2.24) is 0 Å². The molecule has 6 heteroatoms. The third-order valence-corrected chi connectivity index (χ3v) is 4.59. The number of hydrogen-bond acceptors (Lipinski definition) is 5. The van der Waals surface area contributed by atoms with Crippen LogP contribution in [0, 0.1) is 6.92 Å². The van der Waals surface area contributed by atoms with Gasteiger partial charge in [-0.2, -0.15) is 0 Å². The highest BCUT2D eigenvalue weighted by molar-refractivity contribution is 6.40. The third-order valence-electron chi connectivity index (χ3n) is 4.11. The predicted molar refractivity (Wildman–Crippen MR) is 89.2 cm³/mol. The smallest absolute Gasteiger partial charge is 0.202 e. The van der Waals surface area contributed by atoms with Gasteiger partial charge in [-0.3, -0.25) is 9.59 Å². The van der Waals surface area contributed by atoms with E-state index >= 15 is 0 Å². The maximum absolute atomic E-state index is 13.1. The normalized spacial score (nSPS) is 12.5. The Hall–Kier alpha value is -2.53. The number of ketones is 2. The molecule has 0 unspecified atom stereocenters. The summed E-state index contributed by atoms with van der Waals surface area (Å²) in [5.74, 6) is 0.136. The Kier molecular flexibility index (Phi) is 3.97. The lowest BCUT2D eigenvalue weighted by molar-refractivity contribution is 0.0971. The molecule has 0 bridgehead atoms. The first-order valence-electron chi connectivity index (χ1n) is 7.17. The van der Waals surface area contributed by atoms with Crippen LogP contribution in [-0.2, 0) is 0 Å². The summed E-state index contributed by atoms with van der Waals surface area (Å²) in [5.41, 5.74) is 1.25. The molecule has 0 aliphatic heterocycles. The zero-order chi connectivity index (χ0) is 17.6. The average molecular weight is 347 g/mol. The van der Waals surface area contributed by atoms with E-state index in [0.717, 1.165) is 0 Å². The number of rotatable bonds is 3. The summed E-state index contributed by atoms with van der Waals surface area (Å²) in [6.45, 7) is 1.75. The molecule has 0 saturated carbocycles. The topological polar surface area (TPSA) is 61.8 Å². The van der Waals surface area contributed by atoms with Crippen molar-refractivity contribution in [2.45, 2.75) is 6.92 Å². The summed E-state index contributed by atoms with van der Waals surface area (Å²) in [7, 11) is 4.32. The van der Waals surface area contributed by atoms with Gasteiger partial charge in [-0.25, -0.2) is 0 Å². The van der Waals surface area contributed by atoms with Crippen molar-refractivity contribution in [3.05, 3.63) is 51.0 Å². The molecule has 1 aliphatic carbocycles. The summed E-state index contributed by atoms with van der Waals surface area (Å²) in [4.78, 5) is 26.2. The number of aryl methyl sites for hydroxylation is 1. The van der Waals surface area contributed by atoms with Gasteiger partial charge in [0.25, 0.3) is 0 Å². The summed E-state index contributed by atoms with van der Waals surface area (Å²) >= 11 is 6.34. The van der Waals surface area contributed by atoms with E-state index in [1.54, 1.807) is 25.1 Å². The highest BCUT2D eigenvalue weighted by Crippen LogP contribution is 2.44. The first kappa shape index (κ1) is 16.3. The molecule has 124 valence electrons. The van der Waals surface area contributed by atoms with Crippen molar-refractivity contribution in [3.63, 3.8) is 0 Å². The van der Waals surface area contributed by atoms with Crippen LogP contribution >= 0.6 is 11.6 Å². The van der Waals surface area contributed by atoms with Crippen LogP contribution in [0.1, 0.15) is 37.4 Å². The number of halogens is 1. The second kappa shape index (κ2) is 5.83. The number of fused-ring (bicyclic) bond motifs is 2. The average Bonchev–Trinajstić information content (AvgIpc) is 2.60. The monoisotopic (exact) mass is 346 g/mol. The molecule has 0 fully saturated rings. The van der Waals surface area contributed by atoms with Gasteiger partial charge >= 0.3 is 0 Å². The zero-order valence-electron chi connectivity index (χ0n) is 13.7. The number of carbonyl (C=O) groups excluding carboxylic acids is 2. The second-order valence-corrected chi connectivity index (χ2v) is 5.72. The molecule has 24 heavy (non-hydrogen) atoms. The molecular formula is C18H15ClO5. The van der Waals surface area contributed by atoms with Crippen LogP contribution in [0.15, 0.2) is 18.2 Å². The van der Waals surface area contributed by atoms with Crippen LogP contribution in [0.4, 0.5) is 0 Å². The Morgan fingerprint density at radius 3 is 1.62 bits per heavy atom. The molecule has 0 saturated heterocycles. The van der Waals surface area contributed by atoms with Gasteiger partial charge in [-0.15, -0.1) is 0 Å². The Morgan fingerprint density at radius 2 is 1.17 bits per heavy atom. The molecule has 5 nitrogen and oxygen atoms in total. The number of methoxy groups -OCH3 is 3. The molecule has 2 aromatic rings. The lowest BCUT2D eigenvalue weighted by Crippen LogP contribution is -2.24. The van der Waals surface area contributed by atoms with Crippen molar-refractivity contribution >= 4 is 23.2 Å². The first-order valence-corrected chi connectivity index (χ1v) is 7.55. The van der Waals surface area contributed by atoms with Gasteiger partial charge in [0, 0.05) is 0 Å². The van der Waals surface area contributed by atoms with Crippen LogP contribution in [-0.4, -0.2) is 32.9 Å². The minimum atomic E-state index is -0.387. The fraction of sp³-hybridized carbons (Fsp3) is 0.222. The second-order valence-electron chi connectivity index (χ2n) is 5.34. The molecule has 0 radical (unpaired) electrons. The molecule has 0 amide bonds. The van der Waals surface area contributed by atoms with Crippen LogP contribution < -0.4 is 14.2 Å². The molecule has 0 atom stereocenters. The van der Waals surface area contributed by atoms with Crippen LogP contribution in [0.3, 0.4) is 0 Å². The molecule has 0 spiro atoms. The van der Waals surface area contributed by atoms with E-state index < -0.39 is 0 Å². The maximum atomic E-state index is 13.1. The van der Waals surface area contributed by atoms with Gasteiger partial charge in [-0.05, 0) is 30.7 Å². The minimum Gasteiger partial charge on any atom is -0.496 e. The Bertz CT molecular complexity index is 886. The van der Waals surface area contributed by atoms with Crippen molar-refractivity contribution < 1.29 is 23.8 Å². The van der Waals surface area contributed by atoms with Crippen LogP contribution in [0.2, 0.25) is 5.02 Å². The number of carbonyl (C=O) groups is 2. The van der Waals surface area contributed by atoms with Crippen molar-refractivity contribution in [3.8, 4) is 17.2 Å². The number of ether oxygens (including phenoxy) is 3. The number of benzene rings is 2. The van der Waals surface area contributed by atoms with Crippen molar-refractivity contribution in [1.29, 1.82) is 0 Å². The van der Waals surface area contributed by atoms with Gasteiger partial charge < -0.3 is 14.2 Å². The maximum Gasteiger partial charge on any atom is 0.202 e. The highest BCUT2D eigenvalue weighted by atomic mass is 35.5. The summed E-state index contributed by atoms with van der Waals surface area (Å²) < 4.78 is 15.8. The van der Waals surface area contributed by atoms with Crippen molar-refractivity contribution in [2.75, 3.05) is 21.3 Å². The largest absolute Gasteiger partial charge is 0.496 e. The van der Waals surface area contributed by atoms with Gasteiger partial charge in [0.2, 0.25) is 5.78 Å². The van der Waals surface area contributed by atoms with Gasteiger partial charge in [0.15, 0.2) is 5.78 Å².